The number of hydrogen-bond donors (Lipinski definition) is 0. The lowest BCUT2D eigenvalue weighted by atomic mass is 9.74. The van der Waals surface area contributed by atoms with Crippen molar-refractivity contribution in [1.82, 2.24) is 0 Å². The first-order chi connectivity index (χ1) is 6.29. The molecule has 0 amide bonds. The second-order valence-electron chi connectivity index (χ2n) is 3.76. The SMILES string of the molecule is [B]C[C@H](C(=O)OC)C1CCCCC1. The smallest absolute Gasteiger partial charge is 0.308 e. The van der Waals surface area contributed by atoms with E-state index < -0.39 is 0 Å². The van der Waals surface area contributed by atoms with E-state index in [-0.39, 0.29) is 11.9 Å². The maximum Gasteiger partial charge on any atom is 0.308 e. The molecule has 0 saturated heterocycles. The topological polar surface area (TPSA) is 26.3 Å². The van der Waals surface area contributed by atoms with Crippen LogP contribution in [0.2, 0.25) is 6.32 Å². The molecule has 1 aliphatic rings. The van der Waals surface area contributed by atoms with Crippen LogP contribution in [-0.2, 0) is 9.53 Å². The molecular formula is C10H17BO2. The van der Waals surface area contributed by atoms with E-state index in [0.29, 0.717) is 12.2 Å². The number of ether oxygens (including phenoxy) is 1. The van der Waals surface area contributed by atoms with Gasteiger partial charge in [0.1, 0.15) is 0 Å². The third-order valence-electron chi connectivity index (χ3n) is 2.98. The van der Waals surface area contributed by atoms with Crippen LogP contribution in [-0.4, -0.2) is 20.9 Å². The summed E-state index contributed by atoms with van der Waals surface area (Å²) >= 11 is 0. The van der Waals surface area contributed by atoms with E-state index in [9.17, 15) is 4.79 Å². The highest BCUT2D eigenvalue weighted by Crippen LogP contribution is 2.32. The largest absolute Gasteiger partial charge is 0.469 e. The molecule has 1 fully saturated rings. The summed E-state index contributed by atoms with van der Waals surface area (Å²) in [6, 6.07) is 0. The van der Waals surface area contributed by atoms with E-state index in [4.69, 9.17) is 12.6 Å². The zero-order valence-corrected chi connectivity index (χ0v) is 8.29. The lowest BCUT2D eigenvalue weighted by Crippen LogP contribution is -2.26. The molecule has 0 N–H and O–H groups in total. The molecule has 2 nitrogen and oxygen atoms in total. The molecule has 2 radical (unpaired) electrons. The van der Waals surface area contributed by atoms with E-state index in [2.05, 4.69) is 0 Å². The minimum atomic E-state index is -0.130. The van der Waals surface area contributed by atoms with Crippen LogP contribution in [0.5, 0.6) is 0 Å². The van der Waals surface area contributed by atoms with E-state index in [1.807, 2.05) is 0 Å². The highest BCUT2D eigenvalue weighted by atomic mass is 16.5. The first-order valence-electron chi connectivity index (χ1n) is 5.07. The fourth-order valence-electron chi connectivity index (χ4n) is 2.17. The molecule has 1 atom stereocenters. The first kappa shape index (κ1) is 10.6. The summed E-state index contributed by atoms with van der Waals surface area (Å²) < 4.78 is 4.74. The second kappa shape index (κ2) is 5.30. The molecule has 0 aliphatic heterocycles. The Morgan fingerprint density at radius 3 is 2.54 bits per heavy atom. The Hall–Kier alpha value is -0.465. The fourth-order valence-corrected chi connectivity index (χ4v) is 2.17. The van der Waals surface area contributed by atoms with Crippen LogP contribution in [0.4, 0.5) is 0 Å². The number of carbonyl (C=O) groups is 1. The van der Waals surface area contributed by atoms with Gasteiger partial charge in [0.15, 0.2) is 0 Å². The Kier molecular flexibility index (Phi) is 4.33. The van der Waals surface area contributed by atoms with Crippen LogP contribution in [0.1, 0.15) is 32.1 Å². The molecule has 0 unspecified atom stereocenters. The fraction of sp³-hybridized carbons (Fsp3) is 0.900. The molecule has 0 spiro atoms. The second-order valence-corrected chi connectivity index (χ2v) is 3.76. The highest BCUT2D eigenvalue weighted by Gasteiger charge is 2.28. The number of carbonyl (C=O) groups excluding carboxylic acids is 1. The van der Waals surface area contributed by atoms with Gasteiger partial charge in [-0.15, -0.1) is 0 Å². The van der Waals surface area contributed by atoms with Crippen molar-refractivity contribution in [1.29, 1.82) is 0 Å². The van der Waals surface area contributed by atoms with Gasteiger partial charge in [0.25, 0.3) is 0 Å². The molecule has 72 valence electrons. The molecule has 0 heterocycles. The van der Waals surface area contributed by atoms with Crippen LogP contribution in [0, 0.1) is 11.8 Å². The van der Waals surface area contributed by atoms with Crippen LogP contribution in [0.3, 0.4) is 0 Å². The monoisotopic (exact) mass is 180 g/mol. The quantitative estimate of drug-likeness (QED) is 0.490. The van der Waals surface area contributed by atoms with Gasteiger partial charge in [-0.25, -0.2) is 0 Å². The first-order valence-corrected chi connectivity index (χ1v) is 5.07. The van der Waals surface area contributed by atoms with Gasteiger partial charge in [0.05, 0.1) is 20.9 Å². The van der Waals surface area contributed by atoms with Crippen molar-refractivity contribution < 1.29 is 9.53 Å². The van der Waals surface area contributed by atoms with Crippen LogP contribution in [0.15, 0.2) is 0 Å². The van der Waals surface area contributed by atoms with Gasteiger partial charge in [-0.1, -0.05) is 25.6 Å². The molecule has 0 aromatic carbocycles. The minimum absolute atomic E-state index is 0.0645. The van der Waals surface area contributed by atoms with E-state index in [0.717, 1.165) is 12.8 Å². The molecule has 0 aromatic heterocycles. The summed E-state index contributed by atoms with van der Waals surface area (Å²) in [4.78, 5) is 11.3. The average molecular weight is 180 g/mol. The Morgan fingerprint density at radius 2 is 2.08 bits per heavy atom. The maximum absolute atomic E-state index is 11.3. The van der Waals surface area contributed by atoms with E-state index in [1.54, 1.807) is 0 Å². The molecule has 1 rings (SSSR count). The Balaban J connectivity index is 2.48. The Bertz CT molecular complexity index is 164. The summed E-state index contributed by atoms with van der Waals surface area (Å²) in [5, 5.41) is 0. The summed E-state index contributed by atoms with van der Waals surface area (Å²) in [6.45, 7) is 0. The van der Waals surface area contributed by atoms with Gasteiger partial charge in [0.2, 0.25) is 0 Å². The highest BCUT2D eigenvalue weighted by molar-refractivity contribution is 6.10. The molecule has 1 aliphatic carbocycles. The van der Waals surface area contributed by atoms with Crippen molar-refractivity contribution >= 4 is 13.8 Å². The molecular weight excluding hydrogens is 163 g/mol. The maximum atomic E-state index is 11.3. The van der Waals surface area contributed by atoms with Crippen molar-refractivity contribution in [3.63, 3.8) is 0 Å². The predicted molar refractivity (Wildman–Crippen MR) is 52.6 cm³/mol. The third-order valence-corrected chi connectivity index (χ3v) is 2.98. The van der Waals surface area contributed by atoms with Crippen molar-refractivity contribution in [3.8, 4) is 0 Å². The zero-order valence-electron chi connectivity index (χ0n) is 8.29. The molecule has 0 aromatic rings. The molecule has 1 saturated carbocycles. The van der Waals surface area contributed by atoms with Crippen molar-refractivity contribution in [2.75, 3.05) is 7.11 Å². The summed E-state index contributed by atoms with van der Waals surface area (Å²) in [6.07, 6.45) is 6.47. The lowest BCUT2D eigenvalue weighted by Gasteiger charge is -2.27. The van der Waals surface area contributed by atoms with E-state index in [1.165, 1.54) is 26.4 Å². The third kappa shape index (κ3) is 2.75. The summed E-state index contributed by atoms with van der Waals surface area (Å²) in [5.74, 6) is 0.269. The number of esters is 1. The lowest BCUT2D eigenvalue weighted by molar-refractivity contribution is -0.147. The van der Waals surface area contributed by atoms with Crippen molar-refractivity contribution in [3.05, 3.63) is 0 Å². The summed E-state index contributed by atoms with van der Waals surface area (Å²) in [7, 11) is 7.02. The number of rotatable bonds is 3. The normalized spacial score (nSPS) is 21.0. The van der Waals surface area contributed by atoms with Gasteiger partial charge >= 0.3 is 5.97 Å². The van der Waals surface area contributed by atoms with Gasteiger partial charge in [0, 0.05) is 0 Å². The standard InChI is InChI=1S/C10H17BO2/c1-13-10(12)9(7-11)8-5-3-2-4-6-8/h8-9H,2-7H2,1H3/t9-/m0/s1. The zero-order chi connectivity index (χ0) is 9.68. The molecule has 13 heavy (non-hydrogen) atoms. The molecule has 3 heteroatoms. The summed E-state index contributed by atoms with van der Waals surface area (Å²) in [5.41, 5.74) is 0. The Morgan fingerprint density at radius 1 is 1.46 bits per heavy atom. The van der Waals surface area contributed by atoms with Gasteiger partial charge in [-0.3, -0.25) is 4.79 Å². The van der Waals surface area contributed by atoms with Gasteiger partial charge < -0.3 is 4.74 Å². The van der Waals surface area contributed by atoms with Gasteiger partial charge in [-0.05, 0) is 18.8 Å². The van der Waals surface area contributed by atoms with Crippen LogP contribution in [0.25, 0.3) is 0 Å². The predicted octanol–water partition coefficient (Wildman–Crippen LogP) is 1.94. The number of hydrogen-bond acceptors (Lipinski definition) is 2. The van der Waals surface area contributed by atoms with Crippen LogP contribution >= 0.6 is 0 Å². The molecule has 0 bridgehead atoms. The van der Waals surface area contributed by atoms with Gasteiger partial charge in [-0.2, -0.15) is 0 Å². The van der Waals surface area contributed by atoms with Crippen molar-refractivity contribution in [2.24, 2.45) is 11.8 Å². The Labute approximate surface area is 81.4 Å². The average Bonchev–Trinajstić information content (AvgIpc) is 2.20. The minimum Gasteiger partial charge on any atom is -0.469 e. The van der Waals surface area contributed by atoms with E-state index >= 15 is 0 Å². The van der Waals surface area contributed by atoms with Crippen LogP contribution < -0.4 is 0 Å². The number of methoxy groups -OCH3 is 1. The van der Waals surface area contributed by atoms with Crippen molar-refractivity contribution in [2.45, 2.75) is 38.4 Å².